The van der Waals surface area contributed by atoms with Gasteiger partial charge in [0.05, 0.1) is 6.61 Å². The van der Waals surface area contributed by atoms with Crippen molar-refractivity contribution in [1.82, 2.24) is 9.55 Å². The Hall–Kier alpha value is -2.40. The van der Waals surface area contributed by atoms with Gasteiger partial charge in [0.15, 0.2) is 0 Å². The summed E-state index contributed by atoms with van der Waals surface area (Å²) in [6.07, 6.45) is 4.94. The summed E-state index contributed by atoms with van der Waals surface area (Å²) < 4.78 is 6.54. The van der Waals surface area contributed by atoms with Gasteiger partial charge in [-0.15, -0.1) is 0 Å². The van der Waals surface area contributed by atoms with Crippen LogP contribution in [0.3, 0.4) is 0 Å². The summed E-state index contributed by atoms with van der Waals surface area (Å²) in [6, 6.07) is 7.46. The second kappa shape index (κ2) is 7.23. The average molecular weight is 359 g/mol. The molecule has 0 fully saturated rings. The fraction of sp³-hybridized carbons (Fsp3) is 0.316. The molecule has 5 nitrogen and oxygen atoms in total. The molecule has 0 amide bonds. The topological polar surface area (TPSA) is 61.2 Å². The number of benzene rings is 1. The van der Waals surface area contributed by atoms with E-state index in [1.807, 2.05) is 37.3 Å². The third-order valence-electron chi connectivity index (χ3n) is 4.26. The van der Waals surface area contributed by atoms with E-state index in [1.165, 1.54) is 6.20 Å². The molecule has 1 unspecified atom stereocenters. The fourth-order valence-corrected chi connectivity index (χ4v) is 3.09. The predicted octanol–water partition coefficient (Wildman–Crippen LogP) is 3.97. The van der Waals surface area contributed by atoms with Crippen molar-refractivity contribution >= 4 is 29.2 Å². The minimum Gasteiger partial charge on any atom is -0.462 e. The van der Waals surface area contributed by atoms with E-state index in [-0.39, 0.29) is 23.8 Å². The summed E-state index contributed by atoms with van der Waals surface area (Å²) in [5.74, 6) is -0.0250. The molecule has 0 saturated carbocycles. The van der Waals surface area contributed by atoms with Crippen molar-refractivity contribution in [3.8, 4) is 0 Å². The van der Waals surface area contributed by atoms with Gasteiger partial charge in [0.2, 0.25) is 0 Å². The van der Waals surface area contributed by atoms with Gasteiger partial charge in [-0.2, -0.15) is 0 Å². The van der Waals surface area contributed by atoms with Crippen molar-refractivity contribution in [2.75, 3.05) is 6.61 Å². The predicted molar refractivity (Wildman–Crippen MR) is 97.7 cm³/mol. The van der Waals surface area contributed by atoms with Crippen LogP contribution in [0.5, 0.6) is 0 Å². The van der Waals surface area contributed by atoms with Gasteiger partial charge in [-0.3, -0.25) is 9.36 Å². The van der Waals surface area contributed by atoms with E-state index in [0.717, 1.165) is 24.0 Å². The highest BCUT2D eigenvalue weighted by molar-refractivity contribution is 6.30. The zero-order valence-corrected chi connectivity index (χ0v) is 14.9. The number of aromatic nitrogens is 2. The molecule has 2 heterocycles. The molecule has 0 N–H and O–H groups in total. The molecule has 3 rings (SSSR count). The van der Waals surface area contributed by atoms with Gasteiger partial charge in [0.25, 0.3) is 5.56 Å². The van der Waals surface area contributed by atoms with Crippen molar-refractivity contribution in [3.63, 3.8) is 0 Å². The van der Waals surface area contributed by atoms with E-state index in [4.69, 9.17) is 16.3 Å². The number of fused-ring (bicyclic) bond motifs is 1. The lowest BCUT2D eigenvalue weighted by Gasteiger charge is -2.26. The number of carbonyl (C=O) groups is 1. The summed E-state index contributed by atoms with van der Waals surface area (Å²) in [6.45, 7) is 3.88. The molecule has 0 aliphatic carbocycles. The number of carbonyl (C=O) groups excluding carboxylic acids is 1. The van der Waals surface area contributed by atoms with Gasteiger partial charge in [0, 0.05) is 17.3 Å². The lowest BCUT2D eigenvalue weighted by atomic mass is 9.97. The molecule has 0 spiro atoms. The molecular weight excluding hydrogens is 340 g/mol. The Balaban J connectivity index is 2.07. The number of allylic oxidation sites excluding steroid dienone is 1. The fourth-order valence-electron chi connectivity index (χ4n) is 2.97. The van der Waals surface area contributed by atoms with Crippen molar-refractivity contribution in [2.45, 2.75) is 32.7 Å². The zero-order chi connectivity index (χ0) is 18.0. The number of hydrogen-bond donors (Lipinski definition) is 0. The van der Waals surface area contributed by atoms with Crippen LogP contribution in [0.2, 0.25) is 5.02 Å². The first-order valence-corrected chi connectivity index (χ1v) is 8.64. The summed E-state index contributed by atoms with van der Waals surface area (Å²) in [4.78, 5) is 29.1. The maximum Gasteiger partial charge on any atom is 0.345 e. The SMILES string of the molecule is CCOC(=O)c1cnc2n(c1=O)C(C)CC/C2=C\c1ccc(Cl)cc1. The molecule has 0 radical (unpaired) electrons. The number of nitrogens with zero attached hydrogens (tertiary/aromatic N) is 2. The number of halogens is 1. The van der Waals surface area contributed by atoms with Crippen LogP contribution in [0.4, 0.5) is 0 Å². The molecule has 1 atom stereocenters. The van der Waals surface area contributed by atoms with Crippen LogP contribution in [-0.4, -0.2) is 22.1 Å². The Morgan fingerprint density at radius 1 is 1.40 bits per heavy atom. The molecule has 0 bridgehead atoms. The summed E-state index contributed by atoms with van der Waals surface area (Å²) in [5.41, 5.74) is 1.58. The third kappa shape index (κ3) is 3.51. The highest BCUT2D eigenvalue weighted by atomic mass is 35.5. The third-order valence-corrected chi connectivity index (χ3v) is 4.51. The van der Waals surface area contributed by atoms with Crippen molar-refractivity contribution in [2.24, 2.45) is 0 Å². The minimum atomic E-state index is -0.628. The first-order chi connectivity index (χ1) is 12.0. The average Bonchev–Trinajstić information content (AvgIpc) is 2.59. The molecule has 25 heavy (non-hydrogen) atoms. The number of esters is 1. The highest BCUT2D eigenvalue weighted by Gasteiger charge is 2.25. The van der Waals surface area contributed by atoms with Crippen LogP contribution in [0, 0.1) is 0 Å². The second-order valence-corrected chi connectivity index (χ2v) is 6.44. The van der Waals surface area contributed by atoms with Crippen molar-refractivity contribution in [3.05, 3.63) is 62.8 Å². The number of hydrogen-bond acceptors (Lipinski definition) is 4. The minimum absolute atomic E-state index is 0.0215. The van der Waals surface area contributed by atoms with Crippen LogP contribution in [0.25, 0.3) is 11.6 Å². The summed E-state index contributed by atoms with van der Waals surface area (Å²) in [5, 5.41) is 0.674. The van der Waals surface area contributed by atoms with E-state index >= 15 is 0 Å². The molecule has 6 heteroatoms. The Labute approximate surface area is 150 Å². The van der Waals surface area contributed by atoms with Gasteiger partial charge >= 0.3 is 5.97 Å². The summed E-state index contributed by atoms with van der Waals surface area (Å²) in [7, 11) is 0. The molecular formula is C19H19ClN2O3. The van der Waals surface area contributed by atoms with E-state index in [0.29, 0.717) is 10.8 Å². The van der Waals surface area contributed by atoms with Gasteiger partial charge in [-0.25, -0.2) is 9.78 Å². The molecule has 1 aromatic heterocycles. The van der Waals surface area contributed by atoms with Crippen LogP contribution >= 0.6 is 11.6 Å². The van der Waals surface area contributed by atoms with E-state index < -0.39 is 5.97 Å². The second-order valence-electron chi connectivity index (χ2n) is 6.00. The molecule has 1 aromatic carbocycles. The lowest BCUT2D eigenvalue weighted by Crippen LogP contribution is -2.34. The van der Waals surface area contributed by atoms with Gasteiger partial charge < -0.3 is 4.74 Å². The first-order valence-electron chi connectivity index (χ1n) is 8.26. The van der Waals surface area contributed by atoms with Crippen LogP contribution in [0.15, 0.2) is 35.3 Å². The van der Waals surface area contributed by atoms with Crippen molar-refractivity contribution < 1.29 is 9.53 Å². The Kier molecular flexibility index (Phi) is 5.04. The largest absolute Gasteiger partial charge is 0.462 e. The maximum absolute atomic E-state index is 12.8. The van der Waals surface area contributed by atoms with E-state index in [9.17, 15) is 9.59 Å². The first kappa shape index (κ1) is 17.4. The van der Waals surface area contributed by atoms with Crippen LogP contribution in [-0.2, 0) is 4.74 Å². The Morgan fingerprint density at radius 3 is 2.80 bits per heavy atom. The van der Waals surface area contributed by atoms with Gasteiger partial charge in [-0.05, 0) is 56.0 Å². The number of ether oxygens (including phenoxy) is 1. The summed E-state index contributed by atoms with van der Waals surface area (Å²) >= 11 is 5.93. The quantitative estimate of drug-likeness (QED) is 0.779. The Bertz CT molecular complexity index is 885. The molecule has 1 aliphatic rings. The van der Waals surface area contributed by atoms with E-state index in [1.54, 1.807) is 11.5 Å². The highest BCUT2D eigenvalue weighted by Crippen LogP contribution is 2.31. The zero-order valence-electron chi connectivity index (χ0n) is 14.2. The molecule has 130 valence electrons. The monoisotopic (exact) mass is 358 g/mol. The standard InChI is InChI=1S/C19H19ClN2O3/c1-3-25-19(24)16-11-21-17-14(7-4-12(2)22(17)18(16)23)10-13-5-8-15(20)9-6-13/h5-6,8-12H,3-4,7H2,1-2H3/b14-10+. The van der Waals surface area contributed by atoms with Gasteiger partial charge in [0.1, 0.15) is 11.4 Å². The smallest absolute Gasteiger partial charge is 0.345 e. The maximum atomic E-state index is 12.8. The van der Waals surface area contributed by atoms with Crippen LogP contribution in [0.1, 0.15) is 54.5 Å². The molecule has 1 aliphatic heterocycles. The van der Waals surface area contributed by atoms with Crippen molar-refractivity contribution in [1.29, 1.82) is 0 Å². The lowest BCUT2D eigenvalue weighted by molar-refractivity contribution is 0.0522. The Morgan fingerprint density at radius 2 is 2.12 bits per heavy atom. The normalized spacial score (nSPS) is 18.0. The number of rotatable bonds is 3. The van der Waals surface area contributed by atoms with Gasteiger partial charge in [-0.1, -0.05) is 23.7 Å². The van der Waals surface area contributed by atoms with E-state index in [2.05, 4.69) is 4.98 Å². The molecule has 0 saturated heterocycles. The van der Waals surface area contributed by atoms with Crippen LogP contribution < -0.4 is 5.56 Å². The molecule has 2 aromatic rings.